The molecule has 0 aliphatic rings. The lowest BCUT2D eigenvalue weighted by molar-refractivity contribution is 0.0929. The second kappa shape index (κ2) is 8.06. The van der Waals surface area contributed by atoms with E-state index >= 15 is 0 Å². The van der Waals surface area contributed by atoms with E-state index < -0.39 is 5.91 Å². The highest BCUT2D eigenvalue weighted by molar-refractivity contribution is 7.14. The number of hydrazone groups is 1. The summed E-state index contributed by atoms with van der Waals surface area (Å²) in [5, 5.41) is 15.9. The minimum absolute atomic E-state index is 0.156. The van der Waals surface area contributed by atoms with E-state index in [2.05, 4.69) is 21.2 Å². The third-order valence-corrected chi connectivity index (χ3v) is 6.65. The Kier molecular flexibility index (Phi) is 5.44. The summed E-state index contributed by atoms with van der Waals surface area (Å²) in [6, 6.07) is 11.1. The van der Waals surface area contributed by atoms with Gasteiger partial charge in [0.05, 0.1) is 11.8 Å². The molecule has 0 atom stereocenters. The molecular formula is C23H19ClN4O2S. The third kappa shape index (κ3) is 3.76. The average molecular weight is 451 g/mol. The van der Waals surface area contributed by atoms with E-state index in [1.807, 2.05) is 33.8 Å². The fourth-order valence-electron chi connectivity index (χ4n) is 3.47. The van der Waals surface area contributed by atoms with Crippen molar-refractivity contribution in [3.63, 3.8) is 0 Å². The van der Waals surface area contributed by atoms with E-state index in [-0.39, 0.29) is 5.76 Å². The summed E-state index contributed by atoms with van der Waals surface area (Å²) in [4.78, 5) is 13.5. The predicted octanol–water partition coefficient (Wildman–Crippen LogP) is 5.81. The Bertz CT molecular complexity index is 1400. The lowest BCUT2D eigenvalue weighted by Gasteiger charge is -2.07. The van der Waals surface area contributed by atoms with Gasteiger partial charge in [-0.25, -0.2) is 5.43 Å². The van der Waals surface area contributed by atoms with Crippen LogP contribution >= 0.6 is 22.9 Å². The summed E-state index contributed by atoms with van der Waals surface area (Å²) < 4.78 is 7.60. The lowest BCUT2D eigenvalue weighted by Crippen LogP contribution is -2.16. The SMILES string of the molecule is Cc1sc(-n2c(C)cc(/C=N/NC(=O)c3cc4cc(Cl)ccc4o3)c2C)c(C#N)c1C. The van der Waals surface area contributed by atoms with Crippen LogP contribution in [0.4, 0.5) is 0 Å². The molecule has 0 bridgehead atoms. The first kappa shape index (κ1) is 20.9. The zero-order valence-corrected chi connectivity index (χ0v) is 19.0. The molecule has 0 fully saturated rings. The van der Waals surface area contributed by atoms with Crippen molar-refractivity contribution in [1.82, 2.24) is 9.99 Å². The van der Waals surface area contributed by atoms with Crippen LogP contribution in [0.25, 0.3) is 16.0 Å². The van der Waals surface area contributed by atoms with Crippen molar-refractivity contribution in [2.24, 2.45) is 5.10 Å². The number of nitrogens with one attached hydrogen (secondary N) is 1. The second-order valence-corrected chi connectivity index (χ2v) is 8.87. The Morgan fingerprint density at radius 2 is 2.03 bits per heavy atom. The van der Waals surface area contributed by atoms with Crippen molar-refractivity contribution in [1.29, 1.82) is 5.26 Å². The van der Waals surface area contributed by atoms with E-state index in [4.69, 9.17) is 16.0 Å². The van der Waals surface area contributed by atoms with Crippen molar-refractivity contribution in [2.75, 3.05) is 0 Å². The van der Waals surface area contributed by atoms with Gasteiger partial charge in [-0.2, -0.15) is 10.4 Å². The number of nitrogens with zero attached hydrogens (tertiary/aromatic N) is 3. The number of aryl methyl sites for hydroxylation is 2. The quantitative estimate of drug-likeness (QED) is 0.314. The van der Waals surface area contributed by atoms with Crippen LogP contribution in [-0.2, 0) is 0 Å². The van der Waals surface area contributed by atoms with Gasteiger partial charge in [0.2, 0.25) is 0 Å². The first-order chi connectivity index (χ1) is 14.8. The van der Waals surface area contributed by atoms with Crippen molar-refractivity contribution in [3.8, 4) is 11.1 Å². The molecule has 1 amide bonds. The van der Waals surface area contributed by atoms with Crippen LogP contribution in [0.2, 0.25) is 5.02 Å². The summed E-state index contributed by atoms with van der Waals surface area (Å²) in [7, 11) is 0. The predicted molar refractivity (Wildman–Crippen MR) is 124 cm³/mol. The Morgan fingerprint density at radius 3 is 2.77 bits per heavy atom. The first-order valence-electron chi connectivity index (χ1n) is 9.52. The molecule has 3 aromatic heterocycles. The molecule has 0 radical (unpaired) electrons. The molecule has 1 N–H and O–H groups in total. The van der Waals surface area contributed by atoms with Gasteiger partial charge in [-0.05, 0) is 63.6 Å². The lowest BCUT2D eigenvalue weighted by atomic mass is 10.2. The highest BCUT2D eigenvalue weighted by atomic mass is 35.5. The van der Waals surface area contributed by atoms with Gasteiger partial charge in [-0.15, -0.1) is 11.3 Å². The van der Waals surface area contributed by atoms with Crippen LogP contribution < -0.4 is 5.43 Å². The number of carbonyl (C=O) groups is 1. The van der Waals surface area contributed by atoms with Crippen molar-refractivity contribution in [2.45, 2.75) is 27.7 Å². The zero-order chi connectivity index (χ0) is 22.3. The zero-order valence-electron chi connectivity index (χ0n) is 17.4. The van der Waals surface area contributed by atoms with E-state index in [0.717, 1.165) is 37.8 Å². The number of nitriles is 1. The van der Waals surface area contributed by atoms with Gasteiger partial charge in [0, 0.05) is 32.2 Å². The number of furan rings is 1. The fourth-order valence-corrected chi connectivity index (χ4v) is 4.87. The van der Waals surface area contributed by atoms with Crippen molar-refractivity contribution >= 4 is 46.0 Å². The Morgan fingerprint density at radius 1 is 1.26 bits per heavy atom. The molecule has 8 heteroatoms. The maximum atomic E-state index is 12.4. The number of rotatable bonds is 4. The average Bonchev–Trinajstić information content (AvgIpc) is 3.36. The molecule has 6 nitrogen and oxygen atoms in total. The Labute approximate surface area is 188 Å². The number of hydrogen-bond acceptors (Lipinski definition) is 5. The number of benzene rings is 1. The molecule has 0 aliphatic carbocycles. The van der Waals surface area contributed by atoms with Gasteiger partial charge < -0.3 is 8.98 Å². The van der Waals surface area contributed by atoms with Crippen LogP contribution in [0.15, 0.2) is 39.9 Å². The van der Waals surface area contributed by atoms with E-state index in [9.17, 15) is 10.1 Å². The highest BCUT2D eigenvalue weighted by Gasteiger charge is 2.18. The van der Waals surface area contributed by atoms with Gasteiger partial charge in [0.1, 0.15) is 16.7 Å². The number of halogens is 1. The molecule has 0 saturated heterocycles. The van der Waals surface area contributed by atoms with Gasteiger partial charge >= 0.3 is 5.91 Å². The standard InChI is InChI=1S/C23H19ClN4O2S/c1-12-7-17(14(3)28(12)23-19(10-25)13(2)15(4)31-23)11-26-27-22(29)21-9-16-8-18(24)5-6-20(16)30-21/h5-9,11H,1-4H3,(H,27,29)/b26-11+. The maximum Gasteiger partial charge on any atom is 0.307 e. The molecule has 0 aliphatic heterocycles. The monoisotopic (exact) mass is 450 g/mol. The fraction of sp³-hybridized carbons (Fsp3) is 0.174. The van der Waals surface area contributed by atoms with E-state index in [0.29, 0.717) is 16.2 Å². The number of hydrogen-bond donors (Lipinski definition) is 1. The molecule has 0 unspecified atom stereocenters. The first-order valence-corrected chi connectivity index (χ1v) is 10.7. The minimum Gasteiger partial charge on any atom is -0.451 e. The molecule has 1 aromatic carbocycles. The molecule has 156 valence electrons. The molecular weight excluding hydrogens is 432 g/mol. The molecule has 31 heavy (non-hydrogen) atoms. The molecule has 0 saturated carbocycles. The van der Waals surface area contributed by atoms with Gasteiger partial charge in [0.25, 0.3) is 0 Å². The Balaban J connectivity index is 1.57. The topological polar surface area (TPSA) is 83.3 Å². The Hall–Kier alpha value is -3.34. The largest absolute Gasteiger partial charge is 0.451 e. The summed E-state index contributed by atoms with van der Waals surface area (Å²) in [5.74, 6) is -0.295. The number of amides is 1. The normalized spacial score (nSPS) is 11.4. The molecule has 4 rings (SSSR count). The number of aromatic nitrogens is 1. The molecule has 4 aromatic rings. The van der Waals surface area contributed by atoms with Gasteiger partial charge in [-0.1, -0.05) is 11.6 Å². The van der Waals surface area contributed by atoms with E-state index in [1.54, 1.807) is 41.8 Å². The molecule has 3 heterocycles. The highest BCUT2D eigenvalue weighted by Crippen LogP contribution is 2.33. The van der Waals surface area contributed by atoms with Crippen LogP contribution in [0.1, 0.15) is 43.5 Å². The minimum atomic E-state index is -0.450. The maximum absolute atomic E-state index is 12.4. The third-order valence-electron chi connectivity index (χ3n) is 5.22. The number of fused-ring (bicyclic) bond motifs is 1. The summed E-state index contributed by atoms with van der Waals surface area (Å²) >= 11 is 7.57. The second-order valence-electron chi connectivity index (χ2n) is 7.23. The molecule has 0 spiro atoms. The van der Waals surface area contributed by atoms with E-state index in [1.165, 1.54) is 0 Å². The van der Waals surface area contributed by atoms with Gasteiger partial charge in [-0.3, -0.25) is 4.79 Å². The summed E-state index contributed by atoms with van der Waals surface area (Å²) in [6.45, 7) is 7.92. The van der Waals surface area contributed by atoms with Crippen LogP contribution in [0.3, 0.4) is 0 Å². The smallest absolute Gasteiger partial charge is 0.307 e. The van der Waals surface area contributed by atoms with Crippen molar-refractivity contribution < 1.29 is 9.21 Å². The van der Waals surface area contributed by atoms with Gasteiger partial charge in [0.15, 0.2) is 5.76 Å². The summed E-state index contributed by atoms with van der Waals surface area (Å²) in [6.07, 6.45) is 1.59. The number of carbonyl (C=O) groups excluding carboxylic acids is 1. The van der Waals surface area contributed by atoms with Crippen molar-refractivity contribution in [3.05, 3.63) is 74.1 Å². The van der Waals surface area contributed by atoms with Crippen LogP contribution in [-0.4, -0.2) is 16.7 Å². The van der Waals surface area contributed by atoms with Crippen LogP contribution in [0, 0.1) is 39.0 Å². The summed E-state index contributed by atoms with van der Waals surface area (Å²) in [5.41, 5.74) is 7.54. The number of thiophene rings is 1. The van der Waals surface area contributed by atoms with Crippen LogP contribution in [0.5, 0.6) is 0 Å².